The summed E-state index contributed by atoms with van der Waals surface area (Å²) in [6.07, 6.45) is 3.28. The van der Waals surface area contributed by atoms with E-state index in [-0.39, 0.29) is 6.03 Å². The van der Waals surface area contributed by atoms with E-state index in [2.05, 4.69) is 27.0 Å². The van der Waals surface area contributed by atoms with Crippen molar-refractivity contribution in [2.24, 2.45) is 0 Å². The molecule has 0 spiro atoms. The van der Waals surface area contributed by atoms with Gasteiger partial charge in [-0.25, -0.2) is 4.79 Å². The van der Waals surface area contributed by atoms with E-state index in [1.807, 2.05) is 6.07 Å². The van der Waals surface area contributed by atoms with E-state index in [4.69, 9.17) is 0 Å². The number of hydrogen-bond donors (Lipinski definition) is 1. The van der Waals surface area contributed by atoms with Gasteiger partial charge in [0, 0.05) is 24.4 Å². The van der Waals surface area contributed by atoms with Crippen molar-refractivity contribution in [2.75, 3.05) is 18.9 Å². The van der Waals surface area contributed by atoms with E-state index in [1.54, 1.807) is 23.3 Å². The SMILES string of the molecule is CN(CCc1cccs1)C(=O)Nc1nnc(C2CC2)s1. The van der Waals surface area contributed by atoms with E-state index >= 15 is 0 Å². The minimum absolute atomic E-state index is 0.125. The summed E-state index contributed by atoms with van der Waals surface area (Å²) in [4.78, 5) is 15.0. The molecule has 1 aliphatic rings. The summed E-state index contributed by atoms with van der Waals surface area (Å²) < 4.78 is 0. The molecule has 2 heterocycles. The summed E-state index contributed by atoms with van der Waals surface area (Å²) in [5.74, 6) is 0.578. The number of carbonyl (C=O) groups excluding carboxylic acids is 1. The summed E-state index contributed by atoms with van der Waals surface area (Å²) in [5, 5.41) is 14.6. The maximum Gasteiger partial charge on any atom is 0.323 e. The van der Waals surface area contributed by atoms with Gasteiger partial charge in [-0.15, -0.1) is 21.5 Å². The van der Waals surface area contributed by atoms with Gasteiger partial charge in [-0.1, -0.05) is 17.4 Å². The molecular weight excluding hydrogens is 292 g/mol. The first-order chi connectivity index (χ1) is 9.72. The number of thiophene rings is 1. The number of anilines is 1. The lowest BCUT2D eigenvalue weighted by Crippen LogP contribution is -2.32. The largest absolute Gasteiger partial charge is 0.327 e. The van der Waals surface area contributed by atoms with Gasteiger partial charge in [-0.2, -0.15) is 0 Å². The molecule has 2 aromatic rings. The molecule has 3 rings (SSSR count). The van der Waals surface area contributed by atoms with Gasteiger partial charge in [0.15, 0.2) is 0 Å². The Labute approximate surface area is 125 Å². The van der Waals surface area contributed by atoms with Crippen molar-refractivity contribution in [3.8, 4) is 0 Å². The van der Waals surface area contributed by atoms with Crippen LogP contribution >= 0.6 is 22.7 Å². The number of rotatable bonds is 5. The quantitative estimate of drug-likeness (QED) is 0.923. The van der Waals surface area contributed by atoms with Crippen LogP contribution < -0.4 is 5.32 Å². The van der Waals surface area contributed by atoms with Crippen LogP contribution in [-0.4, -0.2) is 34.7 Å². The van der Waals surface area contributed by atoms with Gasteiger partial charge >= 0.3 is 6.03 Å². The minimum Gasteiger partial charge on any atom is -0.327 e. The maximum atomic E-state index is 12.0. The van der Waals surface area contributed by atoms with Gasteiger partial charge < -0.3 is 4.90 Å². The first-order valence-electron chi connectivity index (χ1n) is 6.60. The third-order valence-electron chi connectivity index (χ3n) is 3.20. The molecule has 1 N–H and O–H groups in total. The van der Waals surface area contributed by atoms with Gasteiger partial charge in [0.05, 0.1) is 0 Å². The van der Waals surface area contributed by atoms with E-state index in [1.165, 1.54) is 29.1 Å². The highest BCUT2D eigenvalue weighted by Crippen LogP contribution is 2.42. The molecule has 2 aromatic heterocycles. The number of aromatic nitrogens is 2. The molecule has 1 aliphatic carbocycles. The van der Waals surface area contributed by atoms with E-state index < -0.39 is 0 Å². The highest BCUT2D eigenvalue weighted by molar-refractivity contribution is 7.15. The highest BCUT2D eigenvalue weighted by Gasteiger charge is 2.27. The average Bonchev–Trinajstić information content (AvgIpc) is 2.98. The summed E-state index contributed by atoms with van der Waals surface area (Å²) in [5.41, 5.74) is 0. The average molecular weight is 308 g/mol. The van der Waals surface area contributed by atoms with Gasteiger partial charge in [-0.05, 0) is 30.7 Å². The predicted octanol–water partition coefficient (Wildman–Crippen LogP) is 3.18. The molecule has 5 nitrogen and oxygen atoms in total. The van der Waals surface area contributed by atoms with Crippen molar-refractivity contribution >= 4 is 33.8 Å². The number of urea groups is 1. The second-order valence-corrected chi connectivity index (χ2v) is 6.94. The Kier molecular flexibility index (Phi) is 3.98. The summed E-state index contributed by atoms with van der Waals surface area (Å²) in [6.45, 7) is 0.695. The number of amides is 2. The fraction of sp³-hybridized carbons (Fsp3) is 0.462. The lowest BCUT2D eigenvalue weighted by Gasteiger charge is -2.16. The third-order valence-corrected chi connectivity index (χ3v) is 5.14. The molecule has 0 aromatic carbocycles. The number of likely N-dealkylation sites (N-methyl/N-ethyl adjacent to an activating group) is 1. The van der Waals surface area contributed by atoms with Crippen molar-refractivity contribution in [1.29, 1.82) is 0 Å². The number of hydrogen-bond acceptors (Lipinski definition) is 5. The first-order valence-corrected chi connectivity index (χ1v) is 8.30. The molecule has 20 heavy (non-hydrogen) atoms. The van der Waals surface area contributed by atoms with E-state index in [9.17, 15) is 4.79 Å². The van der Waals surface area contributed by atoms with Crippen LogP contribution in [0, 0.1) is 0 Å². The Bertz CT molecular complexity index is 577. The van der Waals surface area contributed by atoms with Crippen molar-refractivity contribution in [2.45, 2.75) is 25.2 Å². The van der Waals surface area contributed by atoms with Crippen LogP contribution in [0.5, 0.6) is 0 Å². The lowest BCUT2D eigenvalue weighted by molar-refractivity contribution is 0.223. The zero-order valence-corrected chi connectivity index (χ0v) is 12.8. The smallest absolute Gasteiger partial charge is 0.323 e. The number of carbonyl (C=O) groups is 1. The molecule has 0 aliphatic heterocycles. The lowest BCUT2D eigenvalue weighted by atomic mass is 10.3. The predicted molar refractivity (Wildman–Crippen MR) is 81.6 cm³/mol. The molecule has 0 radical (unpaired) electrons. The van der Waals surface area contributed by atoms with Crippen molar-refractivity contribution in [3.05, 3.63) is 27.4 Å². The normalized spacial score (nSPS) is 14.2. The zero-order valence-electron chi connectivity index (χ0n) is 11.2. The molecular formula is C13H16N4OS2. The van der Waals surface area contributed by atoms with Crippen molar-refractivity contribution in [1.82, 2.24) is 15.1 Å². The van der Waals surface area contributed by atoms with Gasteiger partial charge in [0.25, 0.3) is 0 Å². The number of nitrogens with zero attached hydrogens (tertiary/aromatic N) is 3. The molecule has 2 amide bonds. The molecule has 7 heteroatoms. The maximum absolute atomic E-state index is 12.0. The summed E-state index contributed by atoms with van der Waals surface area (Å²) in [6, 6.07) is 3.99. The summed E-state index contributed by atoms with van der Waals surface area (Å²) in [7, 11) is 1.80. The molecule has 0 bridgehead atoms. The second kappa shape index (κ2) is 5.88. The van der Waals surface area contributed by atoms with Crippen LogP contribution in [0.2, 0.25) is 0 Å². The van der Waals surface area contributed by atoms with Crippen LogP contribution in [0.4, 0.5) is 9.93 Å². The molecule has 0 atom stereocenters. The Morgan fingerprint density at radius 2 is 2.35 bits per heavy atom. The second-order valence-electron chi connectivity index (χ2n) is 4.90. The standard InChI is InChI=1S/C13H16N4OS2/c1-17(7-6-10-3-2-8-19-10)13(18)14-12-16-15-11(20-12)9-4-5-9/h2-3,8-9H,4-7H2,1H3,(H,14,16,18). The van der Waals surface area contributed by atoms with Gasteiger partial charge in [-0.3, -0.25) is 5.32 Å². The minimum atomic E-state index is -0.125. The summed E-state index contributed by atoms with van der Waals surface area (Å²) >= 11 is 3.20. The topological polar surface area (TPSA) is 58.1 Å². The van der Waals surface area contributed by atoms with Gasteiger partial charge in [0.2, 0.25) is 5.13 Å². The Hall–Kier alpha value is -1.47. The van der Waals surface area contributed by atoms with Crippen molar-refractivity contribution < 1.29 is 4.79 Å². The molecule has 0 saturated heterocycles. The first kappa shape index (κ1) is 13.5. The van der Waals surface area contributed by atoms with Crippen LogP contribution in [0.15, 0.2) is 17.5 Å². The van der Waals surface area contributed by atoms with E-state index in [0.717, 1.165) is 11.4 Å². The fourth-order valence-corrected chi connectivity index (χ4v) is 3.40. The van der Waals surface area contributed by atoms with Crippen LogP contribution in [-0.2, 0) is 6.42 Å². The van der Waals surface area contributed by atoms with Gasteiger partial charge in [0.1, 0.15) is 5.01 Å². The zero-order chi connectivity index (χ0) is 13.9. The Morgan fingerprint density at radius 3 is 3.05 bits per heavy atom. The third kappa shape index (κ3) is 3.34. The molecule has 0 unspecified atom stereocenters. The molecule has 1 fully saturated rings. The Morgan fingerprint density at radius 1 is 1.50 bits per heavy atom. The highest BCUT2D eigenvalue weighted by atomic mass is 32.1. The Balaban J connectivity index is 1.49. The van der Waals surface area contributed by atoms with Crippen LogP contribution in [0.1, 0.15) is 28.6 Å². The van der Waals surface area contributed by atoms with Crippen LogP contribution in [0.3, 0.4) is 0 Å². The monoisotopic (exact) mass is 308 g/mol. The molecule has 106 valence electrons. The van der Waals surface area contributed by atoms with E-state index in [0.29, 0.717) is 17.6 Å². The van der Waals surface area contributed by atoms with Crippen molar-refractivity contribution in [3.63, 3.8) is 0 Å². The van der Waals surface area contributed by atoms with Crippen LogP contribution in [0.25, 0.3) is 0 Å². The molecule has 1 saturated carbocycles. The number of nitrogens with one attached hydrogen (secondary N) is 1. The fourth-order valence-electron chi connectivity index (χ4n) is 1.80.